The lowest BCUT2D eigenvalue weighted by Crippen LogP contribution is -2.45. The molecule has 1 N–H and O–H groups in total. The molecule has 0 aliphatic carbocycles. The molecule has 2 aromatic rings. The molecule has 1 unspecified atom stereocenters. The van der Waals surface area contributed by atoms with E-state index in [2.05, 4.69) is 20.6 Å². The Kier molecular flexibility index (Phi) is 3.23. The summed E-state index contributed by atoms with van der Waals surface area (Å²) in [4.78, 5) is 4.65. The first-order valence-corrected chi connectivity index (χ1v) is 7.55. The van der Waals surface area contributed by atoms with Gasteiger partial charge in [-0.1, -0.05) is 5.16 Å². The Bertz CT molecular complexity index is 582. The molecule has 2 saturated heterocycles. The van der Waals surface area contributed by atoms with Gasteiger partial charge in [-0.25, -0.2) is 0 Å². The standard InChI is InChI=1S/C14H19N5O2/c1-3-11(20-10-1)12-17-13(21-18-12)14(4-7-15-8-5-14)19-9-2-6-16-19/h2,6,9,11,15H,1,3-5,7-8,10H2. The Morgan fingerprint density at radius 3 is 2.95 bits per heavy atom. The maximum Gasteiger partial charge on any atom is 0.254 e. The molecule has 4 rings (SSSR count). The van der Waals surface area contributed by atoms with E-state index >= 15 is 0 Å². The average Bonchev–Trinajstić information content (AvgIpc) is 3.27. The molecule has 4 heterocycles. The van der Waals surface area contributed by atoms with Crippen LogP contribution in [0.4, 0.5) is 0 Å². The molecule has 2 aliphatic heterocycles. The molecule has 112 valence electrons. The number of piperidine rings is 1. The van der Waals surface area contributed by atoms with Crippen molar-refractivity contribution in [3.63, 3.8) is 0 Å². The zero-order chi connectivity index (χ0) is 14.1. The van der Waals surface area contributed by atoms with E-state index in [0.717, 1.165) is 45.4 Å². The third-order valence-electron chi connectivity index (χ3n) is 4.43. The van der Waals surface area contributed by atoms with Crippen molar-refractivity contribution in [2.75, 3.05) is 19.7 Å². The summed E-state index contributed by atoms with van der Waals surface area (Å²) < 4.78 is 13.2. The van der Waals surface area contributed by atoms with E-state index in [0.29, 0.717) is 11.7 Å². The van der Waals surface area contributed by atoms with Crippen molar-refractivity contribution in [1.82, 2.24) is 25.2 Å². The van der Waals surface area contributed by atoms with Gasteiger partial charge in [0.2, 0.25) is 5.82 Å². The van der Waals surface area contributed by atoms with Crippen LogP contribution in [0.1, 0.15) is 43.5 Å². The second-order valence-corrected chi connectivity index (χ2v) is 5.69. The lowest BCUT2D eigenvalue weighted by atomic mass is 9.88. The van der Waals surface area contributed by atoms with E-state index in [1.807, 2.05) is 16.9 Å². The maximum absolute atomic E-state index is 5.64. The number of aromatic nitrogens is 4. The highest BCUT2D eigenvalue weighted by Crippen LogP contribution is 2.35. The fraction of sp³-hybridized carbons (Fsp3) is 0.643. The number of hydrogen-bond donors (Lipinski definition) is 1. The molecule has 0 amide bonds. The van der Waals surface area contributed by atoms with Crippen molar-refractivity contribution < 1.29 is 9.26 Å². The van der Waals surface area contributed by atoms with Crippen LogP contribution in [-0.2, 0) is 10.3 Å². The molecule has 2 aliphatic rings. The number of ether oxygens (including phenoxy) is 1. The molecule has 2 aromatic heterocycles. The van der Waals surface area contributed by atoms with Gasteiger partial charge < -0.3 is 14.6 Å². The minimum absolute atomic E-state index is 0.0149. The van der Waals surface area contributed by atoms with Crippen molar-refractivity contribution in [3.05, 3.63) is 30.2 Å². The first-order chi connectivity index (χ1) is 10.4. The largest absolute Gasteiger partial charge is 0.370 e. The first kappa shape index (κ1) is 13.0. The summed E-state index contributed by atoms with van der Waals surface area (Å²) in [5.74, 6) is 1.32. The van der Waals surface area contributed by atoms with E-state index in [4.69, 9.17) is 9.26 Å². The number of hydrogen-bond acceptors (Lipinski definition) is 6. The minimum atomic E-state index is -0.335. The summed E-state index contributed by atoms with van der Waals surface area (Å²) in [6.07, 6.45) is 7.56. The van der Waals surface area contributed by atoms with Crippen molar-refractivity contribution in [2.45, 2.75) is 37.3 Å². The highest BCUT2D eigenvalue weighted by atomic mass is 16.5. The van der Waals surface area contributed by atoms with Gasteiger partial charge in [-0.05, 0) is 44.8 Å². The van der Waals surface area contributed by atoms with Gasteiger partial charge in [0.15, 0.2) is 0 Å². The molecule has 7 nitrogen and oxygen atoms in total. The highest BCUT2D eigenvalue weighted by molar-refractivity contribution is 5.10. The fourth-order valence-corrected chi connectivity index (χ4v) is 3.24. The van der Waals surface area contributed by atoms with Gasteiger partial charge in [0.25, 0.3) is 5.89 Å². The van der Waals surface area contributed by atoms with Crippen LogP contribution in [-0.4, -0.2) is 39.6 Å². The highest BCUT2D eigenvalue weighted by Gasteiger charge is 2.42. The van der Waals surface area contributed by atoms with E-state index in [1.165, 1.54) is 0 Å². The van der Waals surface area contributed by atoms with Gasteiger partial charge in [0, 0.05) is 19.0 Å². The third kappa shape index (κ3) is 2.16. The lowest BCUT2D eigenvalue weighted by Gasteiger charge is -2.34. The SMILES string of the molecule is c1cnn(C2(c3nc(C4CCCO4)no3)CCNCC2)c1. The van der Waals surface area contributed by atoms with Crippen molar-refractivity contribution in [1.29, 1.82) is 0 Å². The quantitative estimate of drug-likeness (QED) is 0.916. The van der Waals surface area contributed by atoms with Crippen LogP contribution < -0.4 is 5.32 Å². The topological polar surface area (TPSA) is 78.0 Å². The number of rotatable bonds is 3. The van der Waals surface area contributed by atoms with Crippen molar-refractivity contribution in [2.24, 2.45) is 0 Å². The van der Waals surface area contributed by atoms with Crippen LogP contribution in [0.25, 0.3) is 0 Å². The first-order valence-electron chi connectivity index (χ1n) is 7.55. The van der Waals surface area contributed by atoms with Crippen molar-refractivity contribution in [3.8, 4) is 0 Å². The molecule has 2 fully saturated rings. The molecular formula is C14H19N5O2. The zero-order valence-electron chi connectivity index (χ0n) is 11.9. The van der Waals surface area contributed by atoms with E-state index in [9.17, 15) is 0 Å². The van der Waals surface area contributed by atoms with Crippen LogP contribution in [0.2, 0.25) is 0 Å². The predicted octanol–water partition coefficient (Wildman–Crippen LogP) is 1.24. The zero-order valence-corrected chi connectivity index (χ0v) is 11.9. The Balaban J connectivity index is 1.70. The molecule has 0 saturated carbocycles. The summed E-state index contributed by atoms with van der Waals surface area (Å²) >= 11 is 0. The van der Waals surface area contributed by atoms with E-state index in [-0.39, 0.29) is 11.6 Å². The van der Waals surface area contributed by atoms with Gasteiger partial charge in [0.05, 0.1) is 0 Å². The molecule has 7 heteroatoms. The summed E-state index contributed by atoms with van der Waals surface area (Å²) in [6, 6.07) is 1.93. The predicted molar refractivity (Wildman–Crippen MR) is 73.6 cm³/mol. The summed E-state index contributed by atoms with van der Waals surface area (Å²) in [7, 11) is 0. The van der Waals surface area contributed by atoms with Crippen LogP contribution in [0.5, 0.6) is 0 Å². The van der Waals surface area contributed by atoms with Crippen LogP contribution in [0.15, 0.2) is 23.0 Å². The molecule has 0 bridgehead atoms. The Morgan fingerprint density at radius 2 is 2.24 bits per heavy atom. The fourth-order valence-electron chi connectivity index (χ4n) is 3.24. The molecular weight excluding hydrogens is 270 g/mol. The lowest BCUT2D eigenvalue weighted by molar-refractivity contribution is 0.102. The molecule has 21 heavy (non-hydrogen) atoms. The molecule has 0 aromatic carbocycles. The van der Waals surface area contributed by atoms with Crippen LogP contribution in [0.3, 0.4) is 0 Å². The summed E-state index contributed by atoms with van der Waals surface area (Å²) in [6.45, 7) is 2.61. The van der Waals surface area contributed by atoms with Gasteiger partial charge in [-0.15, -0.1) is 0 Å². The minimum Gasteiger partial charge on any atom is -0.370 e. The van der Waals surface area contributed by atoms with Gasteiger partial charge in [0.1, 0.15) is 11.6 Å². The molecule has 0 spiro atoms. The van der Waals surface area contributed by atoms with Crippen LogP contribution in [0, 0.1) is 0 Å². The monoisotopic (exact) mass is 289 g/mol. The Morgan fingerprint density at radius 1 is 1.33 bits per heavy atom. The third-order valence-corrected chi connectivity index (χ3v) is 4.43. The van der Waals surface area contributed by atoms with E-state index in [1.54, 1.807) is 6.20 Å². The smallest absolute Gasteiger partial charge is 0.254 e. The molecule has 0 radical (unpaired) electrons. The van der Waals surface area contributed by atoms with Gasteiger partial charge in [-0.3, -0.25) is 4.68 Å². The second kappa shape index (κ2) is 5.23. The number of nitrogens with zero attached hydrogens (tertiary/aromatic N) is 4. The summed E-state index contributed by atoms with van der Waals surface area (Å²) in [5, 5.41) is 12.0. The van der Waals surface area contributed by atoms with Crippen LogP contribution >= 0.6 is 0 Å². The Labute approximate surface area is 122 Å². The van der Waals surface area contributed by atoms with Crippen molar-refractivity contribution >= 4 is 0 Å². The summed E-state index contributed by atoms with van der Waals surface area (Å²) in [5.41, 5.74) is -0.335. The van der Waals surface area contributed by atoms with E-state index < -0.39 is 0 Å². The van der Waals surface area contributed by atoms with Gasteiger partial charge in [-0.2, -0.15) is 10.1 Å². The molecule has 1 atom stereocenters. The van der Waals surface area contributed by atoms with Gasteiger partial charge >= 0.3 is 0 Å². The number of nitrogens with one attached hydrogen (secondary N) is 1. The second-order valence-electron chi connectivity index (χ2n) is 5.69. The Hall–Kier alpha value is -1.73. The maximum atomic E-state index is 5.64. The average molecular weight is 289 g/mol. The normalized spacial score (nSPS) is 25.2.